The Kier molecular flexibility index (Phi) is 7.85. The SMILES string of the molecule is CN(C)CC(=Cc1cccc(-c2cc(C(C)(C)S(C)(=O)=O)cc3cccnc23)c1)c1ccc(S(C)(=O)=O)cc1. The third-order valence-corrected chi connectivity index (χ3v) is 10.2. The van der Waals surface area contributed by atoms with E-state index in [9.17, 15) is 16.8 Å². The first-order chi connectivity index (χ1) is 18.2. The van der Waals surface area contributed by atoms with Gasteiger partial charge in [0, 0.05) is 36.2 Å². The van der Waals surface area contributed by atoms with Crippen LogP contribution in [0.3, 0.4) is 0 Å². The lowest BCUT2D eigenvalue weighted by atomic mass is 9.92. The van der Waals surface area contributed by atoms with E-state index in [1.807, 2.05) is 68.7 Å². The fourth-order valence-electron chi connectivity index (χ4n) is 4.45. The van der Waals surface area contributed by atoms with Crippen LogP contribution in [-0.2, 0) is 24.4 Å². The van der Waals surface area contributed by atoms with Gasteiger partial charge in [0.05, 0.1) is 15.2 Å². The van der Waals surface area contributed by atoms with Crippen LogP contribution in [0.25, 0.3) is 33.7 Å². The van der Waals surface area contributed by atoms with E-state index >= 15 is 0 Å². The Balaban J connectivity index is 1.86. The smallest absolute Gasteiger partial charge is 0.175 e. The van der Waals surface area contributed by atoms with Crippen LogP contribution in [0.5, 0.6) is 0 Å². The van der Waals surface area contributed by atoms with Crippen molar-refractivity contribution in [3.05, 3.63) is 95.7 Å². The minimum Gasteiger partial charge on any atom is -0.305 e. The number of rotatable bonds is 8. The molecular weight excluding hydrogens is 528 g/mol. The first kappa shape index (κ1) is 28.7. The Morgan fingerprint density at radius 1 is 0.897 bits per heavy atom. The molecule has 0 bridgehead atoms. The number of hydrogen-bond acceptors (Lipinski definition) is 6. The van der Waals surface area contributed by atoms with E-state index in [-0.39, 0.29) is 4.90 Å². The molecule has 0 aliphatic heterocycles. The van der Waals surface area contributed by atoms with Crippen LogP contribution in [0.2, 0.25) is 0 Å². The van der Waals surface area contributed by atoms with Crippen molar-refractivity contribution in [2.75, 3.05) is 33.2 Å². The van der Waals surface area contributed by atoms with E-state index in [0.29, 0.717) is 12.1 Å². The number of likely N-dealkylation sites (N-methyl/N-ethyl adjacent to an activating group) is 1. The highest BCUT2D eigenvalue weighted by Gasteiger charge is 2.33. The van der Waals surface area contributed by atoms with Gasteiger partial charge in [-0.3, -0.25) is 4.98 Å². The van der Waals surface area contributed by atoms with Gasteiger partial charge in [-0.25, -0.2) is 16.8 Å². The molecule has 0 radical (unpaired) electrons. The zero-order chi connectivity index (χ0) is 28.6. The summed E-state index contributed by atoms with van der Waals surface area (Å²) in [6.07, 6.45) is 6.31. The number of nitrogens with zero attached hydrogens (tertiary/aromatic N) is 2. The molecule has 0 atom stereocenters. The van der Waals surface area contributed by atoms with Crippen molar-refractivity contribution in [2.24, 2.45) is 0 Å². The average Bonchev–Trinajstić information content (AvgIpc) is 2.86. The van der Waals surface area contributed by atoms with Gasteiger partial charge in [0.25, 0.3) is 0 Å². The summed E-state index contributed by atoms with van der Waals surface area (Å²) in [5, 5.41) is 0.877. The Morgan fingerprint density at radius 3 is 2.21 bits per heavy atom. The molecule has 0 fully saturated rings. The number of pyridine rings is 1. The number of sulfone groups is 2. The second-order valence-electron chi connectivity index (χ2n) is 10.7. The molecule has 8 heteroatoms. The van der Waals surface area contributed by atoms with E-state index in [4.69, 9.17) is 0 Å². The van der Waals surface area contributed by atoms with Crippen LogP contribution in [-0.4, -0.2) is 59.9 Å². The zero-order valence-electron chi connectivity index (χ0n) is 23.1. The molecule has 0 spiro atoms. The lowest BCUT2D eigenvalue weighted by Crippen LogP contribution is -2.28. The molecular formula is C31H34N2O4S2. The molecule has 0 amide bonds. The highest BCUT2D eigenvalue weighted by atomic mass is 32.2. The van der Waals surface area contributed by atoms with Crippen molar-refractivity contribution in [3.63, 3.8) is 0 Å². The highest BCUT2D eigenvalue weighted by Crippen LogP contribution is 2.37. The molecule has 0 N–H and O–H groups in total. The zero-order valence-corrected chi connectivity index (χ0v) is 24.8. The van der Waals surface area contributed by atoms with Crippen LogP contribution in [0.1, 0.15) is 30.5 Å². The van der Waals surface area contributed by atoms with Gasteiger partial charge in [0.1, 0.15) is 0 Å². The molecule has 0 saturated heterocycles. The minimum absolute atomic E-state index is 0.286. The molecule has 1 heterocycles. The standard InChI is InChI=1S/C31H34N2O4S2/c1-31(2,39(6,36)37)27-19-25-11-8-16-32-30(25)29(20-27)24-10-7-9-22(17-24)18-26(21-33(3)4)23-12-14-28(15-13-23)38(5,34)35/h7-20H,21H2,1-6H3. The van der Waals surface area contributed by atoms with Crippen molar-refractivity contribution < 1.29 is 16.8 Å². The molecule has 0 saturated carbocycles. The maximum atomic E-state index is 12.7. The number of fused-ring (bicyclic) bond motifs is 1. The number of benzene rings is 3. The van der Waals surface area contributed by atoms with Gasteiger partial charge in [-0.05, 0) is 98.2 Å². The van der Waals surface area contributed by atoms with Crippen LogP contribution in [0.15, 0.2) is 83.9 Å². The monoisotopic (exact) mass is 562 g/mol. The van der Waals surface area contributed by atoms with Crippen molar-refractivity contribution in [1.82, 2.24) is 9.88 Å². The molecule has 4 rings (SSSR count). The summed E-state index contributed by atoms with van der Waals surface area (Å²) in [7, 11) is -2.68. The maximum absolute atomic E-state index is 12.7. The van der Waals surface area contributed by atoms with Gasteiger partial charge in [-0.15, -0.1) is 0 Å². The van der Waals surface area contributed by atoms with E-state index in [1.165, 1.54) is 12.5 Å². The molecule has 39 heavy (non-hydrogen) atoms. The minimum atomic E-state index is -3.37. The van der Waals surface area contributed by atoms with Crippen LogP contribution < -0.4 is 0 Å². The lowest BCUT2D eigenvalue weighted by molar-refractivity contribution is 0.463. The second-order valence-corrected chi connectivity index (χ2v) is 15.3. The van der Waals surface area contributed by atoms with Crippen molar-refractivity contribution in [1.29, 1.82) is 0 Å². The number of aromatic nitrogens is 1. The summed E-state index contributed by atoms with van der Waals surface area (Å²) in [6.45, 7) is 4.11. The predicted octanol–water partition coefficient (Wildman–Crippen LogP) is 5.69. The van der Waals surface area contributed by atoms with E-state index in [1.54, 1.807) is 32.2 Å². The summed E-state index contributed by atoms with van der Waals surface area (Å²) >= 11 is 0. The molecule has 0 unspecified atom stereocenters. The van der Waals surface area contributed by atoms with Gasteiger partial charge >= 0.3 is 0 Å². The molecule has 204 valence electrons. The van der Waals surface area contributed by atoms with Gasteiger partial charge in [0.2, 0.25) is 0 Å². The van der Waals surface area contributed by atoms with Crippen molar-refractivity contribution >= 4 is 42.2 Å². The van der Waals surface area contributed by atoms with E-state index in [0.717, 1.165) is 38.7 Å². The second kappa shape index (κ2) is 10.7. The Hall–Kier alpha value is -3.33. The van der Waals surface area contributed by atoms with Gasteiger partial charge < -0.3 is 4.90 Å². The van der Waals surface area contributed by atoms with Gasteiger partial charge in [0.15, 0.2) is 19.7 Å². The van der Waals surface area contributed by atoms with Gasteiger partial charge in [-0.2, -0.15) is 0 Å². The first-order valence-electron chi connectivity index (χ1n) is 12.5. The first-order valence-corrected chi connectivity index (χ1v) is 16.3. The fourth-order valence-corrected chi connectivity index (χ4v) is 5.62. The van der Waals surface area contributed by atoms with Crippen LogP contribution in [0, 0.1) is 0 Å². The summed E-state index contributed by atoms with van der Waals surface area (Å²) < 4.78 is 48.1. The lowest BCUT2D eigenvalue weighted by Gasteiger charge is -2.24. The van der Waals surface area contributed by atoms with Crippen LogP contribution in [0.4, 0.5) is 0 Å². The Labute approximate surface area is 231 Å². The highest BCUT2D eigenvalue weighted by molar-refractivity contribution is 7.91. The normalized spacial score (nSPS) is 13.3. The van der Waals surface area contributed by atoms with Crippen LogP contribution >= 0.6 is 0 Å². The summed E-state index contributed by atoms with van der Waals surface area (Å²) in [4.78, 5) is 6.98. The Morgan fingerprint density at radius 2 is 1.59 bits per heavy atom. The largest absolute Gasteiger partial charge is 0.305 e. The summed E-state index contributed by atoms with van der Waals surface area (Å²) in [5.41, 5.74) is 6.24. The topological polar surface area (TPSA) is 84.4 Å². The van der Waals surface area contributed by atoms with E-state index < -0.39 is 24.4 Å². The van der Waals surface area contributed by atoms with Crippen molar-refractivity contribution in [3.8, 4) is 11.1 Å². The predicted molar refractivity (Wildman–Crippen MR) is 161 cm³/mol. The molecule has 0 aliphatic carbocycles. The maximum Gasteiger partial charge on any atom is 0.175 e. The number of hydrogen-bond donors (Lipinski definition) is 0. The fraction of sp³-hybridized carbons (Fsp3) is 0.258. The van der Waals surface area contributed by atoms with E-state index in [2.05, 4.69) is 22.0 Å². The third-order valence-electron chi connectivity index (χ3n) is 7.01. The quantitative estimate of drug-likeness (QED) is 0.257. The molecule has 1 aromatic heterocycles. The van der Waals surface area contributed by atoms with Gasteiger partial charge in [-0.1, -0.05) is 36.4 Å². The summed E-state index contributed by atoms with van der Waals surface area (Å²) in [5.74, 6) is 0. The Bertz CT molecular complexity index is 1770. The molecule has 3 aromatic carbocycles. The average molecular weight is 563 g/mol. The third kappa shape index (κ3) is 6.30. The molecule has 6 nitrogen and oxygen atoms in total. The summed E-state index contributed by atoms with van der Waals surface area (Å²) in [6, 6.07) is 22.7. The van der Waals surface area contributed by atoms with Crippen molar-refractivity contribution in [2.45, 2.75) is 23.5 Å². The molecule has 0 aliphatic rings. The molecule has 4 aromatic rings.